The highest BCUT2D eigenvalue weighted by molar-refractivity contribution is 7.89. The third-order valence-corrected chi connectivity index (χ3v) is 6.16. The van der Waals surface area contributed by atoms with Crippen LogP contribution >= 0.6 is 0 Å². The van der Waals surface area contributed by atoms with Gasteiger partial charge in [-0.2, -0.15) is 4.31 Å². The summed E-state index contributed by atoms with van der Waals surface area (Å²) in [7, 11) is -3.73. The number of carboxylic acids is 1. The average molecular weight is 378 g/mol. The molecule has 0 radical (unpaired) electrons. The minimum Gasteiger partial charge on any atom is -0.478 e. The lowest BCUT2D eigenvalue weighted by atomic mass is 10.2. The summed E-state index contributed by atoms with van der Waals surface area (Å²) in [4.78, 5) is 24.9. The summed E-state index contributed by atoms with van der Waals surface area (Å²) in [5, 5.41) is 8.90. The number of sulfonamides is 1. The van der Waals surface area contributed by atoms with Crippen molar-refractivity contribution in [2.75, 3.05) is 26.2 Å². The number of hydrogen-bond donors (Lipinski definition) is 1. The Kier molecular flexibility index (Phi) is 4.84. The Morgan fingerprint density at radius 3 is 2.15 bits per heavy atom. The zero-order chi connectivity index (χ0) is 18.9. The van der Waals surface area contributed by atoms with Crippen molar-refractivity contribution in [3.63, 3.8) is 0 Å². The molecule has 1 fully saturated rings. The van der Waals surface area contributed by atoms with Crippen molar-refractivity contribution in [3.05, 3.63) is 53.5 Å². The van der Waals surface area contributed by atoms with Crippen LogP contribution in [-0.4, -0.2) is 60.8 Å². The maximum Gasteiger partial charge on any atom is 0.335 e. The van der Waals surface area contributed by atoms with Crippen molar-refractivity contribution >= 4 is 21.9 Å². The van der Waals surface area contributed by atoms with Gasteiger partial charge in [0, 0.05) is 26.2 Å². The number of nitrogens with zero attached hydrogens (tertiary/aromatic N) is 2. The van der Waals surface area contributed by atoms with Crippen LogP contribution < -0.4 is 0 Å². The molecule has 1 aromatic carbocycles. The summed E-state index contributed by atoms with van der Waals surface area (Å²) in [6.45, 7) is 2.64. The maximum atomic E-state index is 12.7. The molecule has 1 amide bonds. The van der Waals surface area contributed by atoms with Crippen LogP contribution in [0.5, 0.6) is 0 Å². The molecule has 0 aliphatic carbocycles. The first kappa shape index (κ1) is 18.2. The molecular weight excluding hydrogens is 360 g/mol. The van der Waals surface area contributed by atoms with E-state index in [1.165, 1.54) is 34.8 Å². The fourth-order valence-corrected chi connectivity index (χ4v) is 4.21. The van der Waals surface area contributed by atoms with Gasteiger partial charge in [-0.3, -0.25) is 4.79 Å². The Labute approximate surface area is 150 Å². The van der Waals surface area contributed by atoms with E-state index in [1.54, 1.807) is 17.9 Å². The van der Waals surface area contributed by atoms with Crippen molar-refractivity contribution in [1.82, 2.24) is 9.21 Å². The Morgan fingerprint density at radius 2 is 1.65 bits per heavy atom. The number of amides is 1. The Balaban J connectivity index is 1.68. The molecule has 9 heteroatoms. The van der Waals surface area contributed by atoms with E-state index in [0.29, 0.717) is 11.3 Å². The van der Waals surface area contributed by atoms with Crippen LogP contribution in [0, 0.1) is 6.92 Å². The summed E-state index contributed by atoms with van der Waals surface area (Å²) in [5.41, 5.74) is 0.470. The first-order valence-corrected chi connectivity index (χ1v) is 9.41. The van der Waals surface area contributed by atoms with Gasteiger partial charge in [-0.15, -0.1) is 0 Å². The molecule has 1 aromatic heterocycles. The summed E-state index contributed by atoms with van der Waals surface area (Å²) in [6, 6.07) is 6.73. The molecule has 138 valence electrons. The minimum atomic E-state index is -3.73. The highest BCUT2D eigenvalue weighted by atomic mass is 32.2. The van der Waals surface area contributed by atoms with E-state index in [2.05, 4.69) is 0 Å². The second kappa shape index (κ2) is 6.93. The number of hydrogen-bond acceptors (Lipinski definition) is 5. The smallest absolute Gasteiger partial charge is 0.335 e. The van der Waals surface area contributed by atoms with Crippen LogP contribution in [-0.2, 0) is 10.0 Å². The summed E-state index contributed by atoms with van der Waals surface area (Å²) >= 11 is 0. The number of furan rings is 1. The normalized spacial score (nSPS) is 15.8. The van der Waals surface area contributed by atoms with Crippen LogP contribution in [0.25, 0.3) is 0 Å². The van der Waals surface area contributed by atoms with Gasteiger partial charge in [-0.05, 0) is 37.3 Å². The van der Waals surface area contributed by atoms with Crippen molar-refractivity contribution in [2.24, 2.45) is 0 Å². The molecule has 3 rings (SSSR count). The molecule has 0 saturated carbocycles. The molecule has 0 atom stereocenters. The number of carbonyl (C=O) groups excluding carboxylic acids is 1. The maximum absolute atomic E-state index is 12.7. The topological polar surface area (TPSA) is 108 Å². The minimum absolute atomic E-state index is 0.0229. The zero-order valence-corrected chi connectivity index (χ0v) is 14.9. The van der Waals surface area contributed by atoms with Gasteiger partial charge in [0.05, 0.1) is 16.0 Å². The van der Waals surface area contributed by atoms with Gasteiger partial charge in [0.25, 0.3) is 5.91 Å². The van der Waals surface area contributed by atoms with Crippen LogP contribution in [0.2, 0.25) is 0 Å². The number of carbonyl (C=O) groups is 2. The predicted octanol–water partition coefficient (Wildman–Crippen LogP) is 1.43. The Bertz CT molecular complexity index is 924. The lowest BCUT2D eigenvalue weighted by Gasteiger charge is -2.33. The van der Waals surface area contributed by atoms with E-state index < -0.39 is 16.0 Å². The largest absolute Gasteiger partial charge is 0.478 e. The molecule has 1 aliphatic rings. The van der Waals surface area contributed by atoms with Gasteiger partial charge in [0.15, 0.2) is 0 Å². The number of aryl methyl sites for hydroxylation is 1. The standard InChI is InChI=1S/C17H18N2O6S/c1-12-10-14(11-25-12)16(20)18-6-8-19(9-7-18)26(23,24)15-4-2-13(3-5-15)17(21)22/h2-5,10-11H,6-9H2,1H3,(H,21,22). The molecule has 2 aromatic rings. The molecule has 0 bridgehead atoms. The van der Waals surface area contributed by atoms with Crippen molar-refractivity contribution in [2.45, 2.75) is 11.8 Å². The number of benzene rings is 1. The number of rotatable bonds is 4. The highest BCUT2D eigenvalue weighted by Gasteiger charge is 2.30. The van der Waals surface area contributed by atoms with Crippen LogP contribution in [0.15, 0.2) is 45.9 Å². The molecule has 1 saturated heterocycles. The summed E-state index contributed by atoms with van der Waals surface area (Å²) in [5.74, 6) is -0.667. The zero-order valence-electron chi connectivity index (χ0n) is 14.1. The third kappa shape index (κ3) is 3.49. The van der Waals surface area contributed by atoms with Crippen LogP contribution in [0.3, 0.4) is 0 Å². The van der Waals surface area contributed by atoms with Crippen molar-refractivity contribution in [1.29, 1.82) is 0 Å². The van der Waals surface area contributed by atoms with Crippen LogP contribution in [0.4, 0.5) is 0 Å². The van der Waals surface area contributed by atoms with Gasteiger partial charge in [-0.25, -0.2) is 13.2 Å². The molecule has 2 heterocycles. The first-order valence-electron chi connectivity index (χ1n) is 7.97. The lowest BCUT2D eigenvalue weighted by molar-refractivity contribution is 0.0689. The second-order valence-electron chi connectivity index (χ2n) is 5.97. The van der Waals surface area contributed by atoms with Gasteiger partial charge < -0.3 is 14.4 Å². The van der Waals surface area contributed by atoms with Gasteiger partial charge in [0.1, 0.15) is 12.0 Å². The summed E-state index contributed by atoms with van der Waals surface area (Å²) < 4.78 is 31.8. The average Bonchev–Trinajstić information content (AvgIpc) is 3.07. The monoisotopic (exact) mass is 378 g/mol. The third-order valence-electron chi connectivity index (χ3n) is 4.24. The van der Waals surface area contributed by atoms with Gasteiger partial charge in [0.2, 0.25) is 10.0 Å². The van der Waals surface area contributed by atoms with Gasteiger partial charge >= 0.3 is 5.97 Å². The molecular formula is C17H18N2O6S. The number of piperazine rings is 1. The van der Waals surface area contributed by atoms with E-state index in [0.717, 1.165) is 0 Å². The number of carboxylic acid groups (broad SMARTS) is 1. The lowest BCUT2D eigenvalue weighted by Crippen LogP contribution is -2.50. The second-order valence-corrected chi connectivity index (χ2v) is 7.91. The molecule has 0 spiro atoms. The molecule has 0 unspecified atom stereocenters. The quantitative estimate of drug-likeness (QED) is 0.862. The fraction of sp³-hybridized carbons (Fsp3) is 0.294. The molecule has 8 nitrogen and oxygen atoms in total. The predicted molar refractivity (Wildman–Crippen MR) is 91.5 cm³/mol. The Morgan fingerprint density at radius 1 is 1.04 bits per heavy atom. The first-order chi connectivity index (χ1) is 12.3. The molecule has 26 heavy (non-hydrogen) atoms. The van der Waals surface area contributed by atoms with Gasteiger partial charge in [-0.1, -0.05) is 0 Å². The highest BCUT2D eigenvalue weighted by Crippen LogP contribution is 2.19. The SMILES string of the molecule is Cc1cc(C(=O)N2CCN(S(=O)(=O)c3ccc(C(=O)O)cc3)CC2)co1. The van der Waals surface area contributed by atoms with E-state index in [-0.39, 0.29) is 42.5 Å². The summed E-state index contributed by atoms with van der Waals surface area (Å²) in [6.07, 6.45) is 1.39. The van der Waals surface area contributed by atoms with Crippen LogP contribution in [0.1, 0.15) is 26.5 Å². The van der Waals surface area contributed by atoms with Crippen molar-refractivity contribution in [3.8, 4) is 0 Å². The van der Waals surface area contributed by atoms with E-state index >= 15 is 0 Å². The molecule has 1 N–H and O–H groups in total. The van der Waals surface area contributed by atoms with Crippen molar-refractivity contribution < 1.29 is 27.5 Å². The van der Waals surface area contributed by atoms with E-state index in [4.69, 9.17) is 9.52 Å². The van der Waals surface area contributed by atoms with E-state index in [9.17, 15) is 18.0 Å². The Hall–Kier alpha value is -2.65. The fourth-order valence-electron chi connectivity index (χ4n) is 2.79. The number of aromatic carboxylic acids is 1. The van der Waals surface area contributed by atoms with E-state index in [1.807, 2.05) is 0 Å². The molecule has 1 aliphatic heterocycles.